The van der Waals surface area contributed by atoms with Gasteiger partial charge in [-0.1, -0.05) is 6.07 Å². The van der Waals surface area contributed by atoms with Gasteiger partial charge in [0.2, 0.25) is 0 Å². The molecule has 0 heterocycles. The Bertz CT molecular complexity index is 583. The van der Waals surface area contributed by atoms with Gasteiger partial charge in [-0.05, 0) is 50.1 Å². The second-order valence-corrected chi connectivity index (χ2v) is 5.28. The van der Waals surface area contributed by atoms with E-state index in [0.29, 0.717) is 10.2 Å². The molecule has 0 unspecified atom stereocenters. The van der Waals surface area contributed by atoms with Crippen LogP contribution in [-0.4, -0.2) is 0 Å². The van der Waals surface area contributed by atoms with Gasteiger partial charge < -0.3 is 11.1 Å². The molecule has 0 saturated carbocycles. The first-order valence-corrected chi connectivity index (χ1v) is 6.53. The number of hydrogen-bond donors (Lipinski definition) is 2. The molecule has 0 radical (unpaired) electrons. The summed E-state index contributed by atoms with van der Waals surface area (Å²) in [5, 5.41) is 2.83. The number of hydrogen-bond acceptors (Lipinski definition) is 2. The van der Waals surface area contributed by atoms with Gasteiger partial charge in [-0.15, -0.1) is 0 Å². The van der Waals surface area contributed by atoms with E-state index < -0.39 is 11.6 Å². The third kappa shape index (κ3) is 2.64. The van der Waals surface area contributed by atoms with Crippen molar-refractivity contribution in [3.05, 3.63) is 50.9 Å². The molecule has 0 amide bonds. The summed E-state index contributed by atoms with van der Waals surface area (Å²) in [6, 6.07) is 7.22. The predicted molar refractivity (Wildman–Crippen MR) is 75.9 cm³/mol. The Morgan fingerprint density at radius 1 is 1.00 bits per heavy atom. The Kier molecular flexibility index (Phi) is 3.87. The third-order valence-electron chi connectivity index (χ3n) is 2.31. The molecule has 94 valence electrons. The van der Waals surface area contributed by atoms with E-state index >= 15 is 0 Å². The minimum Gasteiger partial charge on any atom is -0.397 e. The van der Waals surface area contributed by atoms with Gasteiger partial charge in [-0.25, -0.2) is 8.78 Å². The van der Waals surface area contributed by atoms with Crippen LogP contribution in [0.25, 0.3) is 0 Å². The lowest BCUT2D eigenvalue weighted by atomic mass is 10.2. The molecular formula is C12H8Br2F2N2. The smallest absolute Gasteiger partial charge is 0.147 e. The Hall–Kier alpha value is -1.14. The van der Waals surface area contributed by atoms with Crippen LogP contribution in [0.4, 0.5) is 25.8 Å². The summed E-state index contributed by atoms with van der Waals surface area (Å²) in [5.41, 5.74) is 6.55. The second kappa shape index (κ2) is 5.24. The fourth-order valence-electron chi connectivity index (χ4n) is 1.42. The molecule has 2 aromatic carbocycles. The average Bonchev–Trinajstić information content (AvgIpc) is 2.30. The van der Waals surface area contributed by atoms with Crippen molar-refractivity contribution in [2.75, 3.05) is 11.1 Å². The van der Waals surface area contributed by atoms with Crippen LogP contribution in [0.2, 0.25) is 0 Å². The largest absolute Gasteiger partial charge is 0.397 e. The Morgan fingerprint density at radius 3 is 2.39 bits per heavy atom. The molecule has 2 nitrogen and oxygen atoms in total. The molecule has 0 aliphatic heterocycles. The molecule has 0 aromatic heterocycles. The van der Waals surface area contributed by atoms with Crippen molar-refractivity contribution in [3.8, 4) is 0 Å². The van der Waals surface area contributed by atoms with Crippen molar-refractivity contribution in [3.63, 3.8) is 0 Å². The molecule has 0 aliphatic carbocycles. The van der Waals surface area contributed by atoms with Gasteiger partial charge in [0.05, 0.1) is 21.5 Å². The Balaban J connectivity index is 2.43. The van der Waals surface area contributed by atoms with E-state index in [0.717, 1.165) is 0 Å². The molecular weight excluding hydrogens is 370 g/mol. The van der Waals surface area contributed by atoms with Gasteiger partial charge in [0.1, 0.15) is 11.6 Å². The highest BCUT2D eigenvalue weighted by Gasteiger charge is 2.10. The first kappa shape index (κ1) is 13.3. The average molecular weight is 378 g/mol. The van der Waals surface area contributed by atoms with E-state index in [4.69, 9.17) is 5.73 Å². The lowest BCUT2D eigenvalue weighted by Crippen LogP contribution is -2.00. The van der Waals surface area contributed by atoms with Gasteiger partial charge in [0, 0.05) is 10.5 Å². The number of nitrogen functional groups attached to an aromatic ring is 1. The molecule has 0 aliphatic rings. The van der Waals surface area contributed by atoms with E-state index in [2.05, 4.69) is 37.2 Å². The molecule has 3 N–H and O–H groups in total. The van der Waals surface area contributed by atoms with E-state index in [1.165, 1.54) is 18.2 Å². The summed E-state index contributed by atoms with van der Waals surface area (Å²) in [6.45, 7) is 0. The molecule has 0 bridgehead atoms. The quantitative estimate of drug-likeness (QED) is 0.736. The van der Waals surface area contributed by atoms with Crippen molar-refractivity contribution >= 4 is 48.9 Å². The maximum Gasteiger partial charge on any atom is 0.147 e. The lowest BCUT2D eigenvalue weighted by Gasteiger charge is -2.12. The van der Waals surface area contributed by atoms with Gasteiger partial charge in [-0.2, -0.15) is 0 Å². The van der Waals surface area contributed by atoms with Crippen LogP contribution in [0.1, 0.15) is 0 Å². The molecule has 2 aromatic rings. The lowest BCUT2D eigenvalue weighted by molar-refractivity contribution is 0.622. The van der Waals surface area contributed by atoms with Crippen molar-refractivity contribution in [1.29, 1.82) is 0 Å². The SMILES string of the molecule is Nc1cc(F)c(Br)cc1Nc1c(F)cccc1Br. The number of halogens is 4. The number of benzene rings is 2. The highest BCUT2D eigenvalue weighted by atomic mass is 79.9. The second-order valence-electron chi connectivity index (χ2n) is 3.58. The maximum atomic E-state index is 13.6. The van der Waals surface area contributed by atoms with Crippen LogP contribution in [0.3, 0.4) is 0 Å². The fourth-order valence-corrected chi connectivity index (χ4v) is 2.21. The third-order valence-corrected chi connectivity index (χ3v) is 3.58. The van der Waals surface area contributed by atoms with Crippen LogP contribution in [0.5, 0.6) is 0 Å². The molecule has 6 heteroatoms. The van der Waals surface area contributed by atoms with Crippen LogP contribution in [0.15, 0.2) is 39.3 Å². The van der Waals surface area contributed by atoms with E-state index in [1.807, 2.05) is 0 Å². The fraction of sp³-hybridized carbons (Fsp3) is 0. The summed E-state index contributed by atoms with van der Waals surface area (Å²) < 4.78 is 27.7. The number of para-hydroxylation sites is 1. The minimum atomic E-state index is -0.467. The normalized spacial score (nSPS) is 10.4. The molecule has 0 spiro atoms. The number of nitrogens with one attached hydrogen (secondary N) is 1. The molecule has 18 heavy (non-hydrogen) atoms. The Morgan fingerprint density at radius 2 is 1.72 bits per heavy atom. The van der Waals surface area contributed by atoms with Gasteiger partial charge in [-0.3, -0.25) is 0 Å². The molecule has 0 saturated heterocycles. The van der Waals surface area contributed by atoms with Gasteiger partial charge in [0.15, 0.2) is 0 Å². The minimum absolute atomic E-state index is 0.200. The van der Waals surface area contributed by atoms with Gasteiger partial charge >= 0.3 is 0 Å². The summed E-state index contributed by atoms with van der Waals surface area (Å²) in [6.07, 6.45) is 0. The van der Waals surface area contributed by atoms with Crippen molar-refractivity contribution in [2.24, 2.45) is 0 Å². The molecule has 0 fully saturated rings. The number of nitrogens with two attached hydrogens (primary N) is 1. The van der Waals surface area contributed by atoms with Crippen LogP contribution in [-0.2, 0) is 0 Å². The summed E-state index contributed by atoms with van der Waals surface area (Å²) in [5.74, 6) is -0.894. The summed E-state index contributed by atoms with van der Waals surface area (Å²) >= 11 is 6.29. The van der Waals surface area contributed by atoms with Gasteiger partial charge in [0.25, 0.3) is 0 Å². The van der Waals surface area contributed by atoms with Crippen molar-refractivity contribution in [1.82, 2.24) is 0 Å². The zero-order valence-corrected chi connectivity index (χ0v) is 12.1. The highest BCUT2D eigenvalue weighted by molar-refractivity contribution is 9.10. The van der Waals surface area contributed by atoms with E-state index in [-0.39, 0.29) is 15.8 Å². The van der Waals surface area contributed by atoms with Crippen LogP contribution < -0.4 is 11.1 Å². The van der Waals surface area contributed by atoms with E-state index in [1.54, 1.807) is 12.1 Å². The maximum absolute atomic E-state index is 13.6. The highest BCUT2D eigenvalue weighted by Crippen LogP contribution is 2.33. The van der Waals surface area contributed by atoms with Crippen molar-refractivity contribution < 1.29 is 8.78 Å². The zero-order valence-electron chi connectivity index (χ0n) is 8.98. The van der Waals surface area contributed by atoms with Crippen LogP contribution >= 0.6 is 31.9 Å². The predicted octanol–water partition coefficient (Wildman–Crippen LogP) is 4.82. The first-order valence-electron chi connectivity index (χ1n) is 4.94. The van der Waals surface area contributed by atoms with E-state index in [9.17, 15) is 8.78 Å². The summed E-state index contributed by atoms with van der Waals surface area (Å²) in [4.78, 5) is 0. The standard InChI is InChI=1S/C12H8Br2F2N2/c13-6-2-1-3-8(15)12(6)18-11-4-7(14)9(16)5-10(11)17/h1-5,18H,17H2. The topological polar surface area (TPSA) is 38.0 Å². The first-order chi connectivity index (χ1) is 8.49. The zero-order chi connectivity index (χ0) is 13.3. The molecule has 2 rings (SSSR count). The number of anilines is 3. The molecule has 0 atom stereocenters. The summed E-state index contributed by atoms with van der Waals surface area (Å²) in [7, 11) is 0. The van der Waals surface area contributed by atoms with Crippen LogP contribution in [0, 0.1) is 11.6 Å². The van der Waals surface area contributed by atoms with Crippen molar-refractivity contribution in [2.45, 2.75) is 0 Å². The monoisotopic (exact) mass is 376 g/mol. The Labute approximate surface area is 119 Å². The number of rotatable bonds is 2.